The number of anilines is 2. The molecule has 0 aromatic heterocycles. The van der Waals surface area contributed by atoms with Gasteiger partial charge in [0.2, 0.25) is 0 Å². The molecular formula is C37H32N2P2. The minimum Gasteiger partial charge on any atom is -0.348 e. The molecule has 0 saturated carbocycles. The van der Waals surface area contributed by atoms with Crippen molar-refractivity contribution in [1.82, 2.24) is 0 Å². The quantitative estimate of drug-likeness (QED) is 0.175. The molecule has 0 aliphatic carbocycles. The second-order valence-electron chi connectivity index (χ2n) is 10.4. The van der Waals surface area contributed by atoms with Gasteiger partial charge in [0.25, 0.3) is 0 Å². The van der Waals surface area contributed by atoms with Crippen molar-refractivity contribution >= 4 is 59.2 Å². The molecule has 0 amide bonds. The fourth-order valence-corrected chi connectivity index (χ4v) is 10.4. The van der Waals surface area contributed by atoms with Crippen LogP contribution in [-0.4, -0.2) is 19.2 Å². The first-order chi connectivity index (χ1) is 20.3. The van der Waals surface area contributed by atoms with Crippen molar-refractivity contribution in [2.75, 3.05) is 29.0 Å². The molecule has 0 saturated heterocycles. The summed E-state index contributed by atoms with van der Waals surface area (Å²) in [5.41, 5.74) is 2.69. The average Bonchev–Trinajstić information content (AvgIpc) is 3.05. The van der Waals surface area contributed by atoms with Gasteiger partial charge in [-0.2, -0.15) is 0 Å². The van der Waals surface area contributed by atoms with Crippen molar-refractivity contribution in [3.63, 3.8) is 0 Å². The largest absolute Gasteiger partial charge is 0.348 e. The zero-order chi connectivity index (χ0) is 27.4. The number of rotatable bonds is 8. The summed E-state index contributed by atoms with van der Waals surface area (Å²) in [6.45, 7) is 0.868. The Hall–Kier alpha value is -3.96. The molecular weight excluding hydrogens is 534 g/mol. The smallest absolute Gasteiger partial charge is 0.0911 e. The predicted octanol–water partition coefficient (Wildman–Crippen LogP) is 7.60. The minimum absolute atomic E-state index is 0.568. The van der Waals surface area contributed by atoms with E-state index in [4.69, 9.17) is 0 Å². The Morgan fingerprint density at radius 1 is 0.390 bits per heavy atom. The van der Waals surface area contributed by atoms with Crippen molar-refractivity contribution in [2.24, 2.45) is 0 Å². The lowest BCUT2D eigenvalue weighted by atomic mass is 10.0. The van der Waals surface area contributed by atoms with Gasteiger partial charge in [0.05, 0.1) is 6.67 Å². The maximum Gasteiger partial charge on any atom is 0.0911 e. The monoisotopic (exact) mass is 566 g/mol. The van der Waals surface area contributed by atoms with E-state index in [2.05, 4.69) is 168 Å². The van der Waals surface area contributed by atoms with E-state index in [0.29, 0.717) is 0 Å². The van der Waals surface area contributed by atoms with Crippen LogP contribution >= 0.6 is 15.8 Å². The molecule has 7 rings (SSSR count). The number of hydrogen-bond acceptors (Lipinski definition) is 2. The zero-order valence-corrected chi connectivity index (χ0v) is 24.7. The maximum atomic E-state index is 2.64. The predicted molar refractivity (Wildman–Crippen MR) is 182 cm³/mol. The molecule has 0 unspecified atom stereocenters. The summed E-state index contributed by atoms with van der Waals surface area (Å²) in [4.78, 5) is 5.29. The van der Waals surface area contributed by atoms with E-state index in [-0.39, 0.29) is 0 Å². The highest BCUT2D eigenvalue weighted by molar-refractivity contribution is 7.73. The van der Waals surface area contributed by atoms with Crippen molar-refractivity contribution in [1.29, 1.82) is 0 Å². The first kappa shape index (κ1) is 26.0. The van der Waals surface area contributed by atoms with Crippen LogP contribution in [0.3, 0.4) is 0 Å². The molecule has 4 heteroatoms. The lowest BCUT2D eigenvalue weighted by Gasteiger charge is -2.42. The molecule has 0 atom stereocenters. The van der Waals surface area contributed by atoms with Crippen LogP contribution in [0.25, 0.3) is 10.8 Å². The molecule has 6 aromatic carbocycles. The summed E-state index contributed by atoms with van der Waals surface area (Å²) in [6, 6.07) is 58.0. The number of hydrogen-bond donors (Lipinski definition) is 0. The summed E-state index contributed by atoms with van der Waals surface area (Å²) in [5, 5.41) is 8.35. The summed E-state index contributed by atoms with van der Waals surface area (Å²) in [5.74, 6) is 0. The van der Waals surface area contributed by atoms with Gasteiger partial charge in [0, 0.05) is 29.3 Å². The SMILES string of the molecule is c1ccc(P(CN2CN(CP(c3ccccc3)c3ccccc3)c3cccc4cccc2c34)c2ccccc2)cc1. The molecule has 1 heterocycles. The van der Waals surface area contributed by atoms with E-state index in [1.54, 1.807) is 0 Å². The molecule has 0 N–H and O–H groups in total. The van der Waals surface area contributed by atoms with Crippen LogP contribution in [-0.2, 0) is 0 Å². The third kappa shape index (κ3) is 5.39. The van der Waals surface area contributed by atoms with Crippen LogP contribution in [0.15, 0.2) is 158 Å². The molecule has 2 nitrogen and oxygen atoms in total. The van der Waals surface area contributed by atoms with Crippen molar-refractivity contribution in [3.05, 3.63) is 158 Å². The first-order valence-corrected chi connectivity index (χ1v) is 17.2. The normalized spacial score (nSPS) is 12.8. The lowest BCUT2D eigenvalue weighted by Crippen LogP contribution is -2.43. The third-order valence-electron chi connectivity index (χ3n) is 7.78. The topological polar surface area (TPSA) is 6.48 Å². The second-order valence-corrected chi connectivity index (χ2v) is 14.7. The summed E-state index contributed by atoms with van der Waals surface area (Å²) < 4.78 is 0. The fraction of sp³-hybridized carbons (Fsp3) is 0.0811. The van der Waals surface area contributed by atoms with Gasteiger partial charge in [-0.05, 0) is 54.6 Å². The van der Waals surface area contributed by atoms with Gasteiger partial charge in [0.15, 0.2) is 0 Å². The molecule has 0 spiro atoms. The van der Waals surface area contributed by atoms with Gasteiger partial charge < -0.3 is 9.80 Å². The van der Waals surface area contributed by atoms with E-state index < -0.39 is 15.8 Å². The molecule has 6 aromatic rings. The second kappa shape index (κ2) is 11.9. The Bertz CT molecular complexity index is 1520. The highest BCUT2D eigenvalue weighted by Crippen LogP contribution is 2.46. The van der Waals surface area contributed by atoms with Gasteiger partial charge >= 0.3 is 0 Å². The van der Waals surface area contributed by atoms with Crippen LogP contribution in [0.2, 0.25) is 0 Å². The summed E-state index contributed by atoms with van der Waals surface area (Å²) >= 11 is 0. The maximum absolute atomic E-state index is 2.64. The van der Waals surface area contributed by atoms with Gasteiger partial charge in [-0.3, -0.25) is 0 Å². The molecule has 0 fully saturated rings. The molecule has 200 valence electrons. The number of nitrogens with zero attached hydrogens (tertiary/aromatic N) is 2. The lowest BCUT2D eigenvalue weighted by molar-refractivity contribution is 0.820. The Morgan fingerprint density at radius 3 is 1.07 bits per heavy atom. The third-order valence-corrected chi connectivity index (χ3v) is 12.7. The van der Waals surface area contributed by atoms with E-state index in [1.807, 2.05) is 0 Å². The van der Waals surface area contributed by atoms with E-state index >= 15 is 0 Å². The Kier molecular flexibility index (Phi) is 7.52. The standard InChI is InChI=1S/C37H32N2P2/c1-5-17-31(18-6-1)40(32-19-7-2-8-20-32)28-38-27-39(36-26-14-16-30-15-13-25-35(38)37(30)36)29-41(33-21-9-3-10-22-33)34-23-11-4-12-24-34/h1-26H,27-29H2. The first-order valence-electron chi connectivity index (χ1n) is 14.1. The molecule has 41 heavy (non-hydrogen) atoms. The van der Waals surface area contributed by atoms with E-state index in [1.165, 1.54) is 43.4 Å². The molecule has 1 aliphatic heterocycles. The van der Waals surface area contributed by atoms with Crippen molar-refractivity contribution in [3.8, 4) is 0 Å². The van der Waals surface area contributed by atoms with Crippen molar-refractivity contribution in [2.45, 2.75) is 0 Å². The summed E-state index contributed by atoms with van der Waals surface area (Å²) in [6.07, 6.45) is 1.95. The van der Waals surface area contributed by atoms with Crippen molar-refractivity contribution < 1.29 is 0 Å². The zero-order valence-electron chi connectivity index (χ0n) is 22.9. The van der Waals surface area contributed by atoms with Crippen LogP contribution in [0.1, 0.15) is 0 Å². The van der Waals surface area contributed by atoms with Gasteiger partial charge in [-0.1, -0.05) is 146 Å². The van der Waals surface area contributed by atoms with Gasteiger partial charge in [0.1, 0.15) is 0 Å². The highest BCUT2D eigenvalue weighted by Gasteiger charge is 2.29. The molecule has 1 aliphatic rings. The van der Waals surface area contributed by atoms with Gasteiger partial charge in [-0.15, -0.1) is 0 Å². The highest BCUT2D eigenvalue weighted by atomic mass is 31.1. The minimum atomic E-state index is -0.568. The van der Waals surface area contributed by atoms with E-state index in [9.17, 15) is 0 Å². The average molecular weight is 567 g/mol. The molecule has 0 radical (unpaired) electrons. The Morgan fingerprint density at radius 2 is 0.732 bits per heavy atom. The van der Waals surface area contributed by atoms with Crippen LogP contribution in [0, 0.1) is 0 Å². The van der Waals surface area contributed by atoms with Crippen LogP contribution in [0.5, 0.6) is 0 Å². The summed E-state index contributed by atoms with van der Waals surface area (Å²) in [7, 11) is -1.14. The fourth-order valence-electron chi connectivity index (χ4n) is 5.83. The van der Waals surface area contributed by atoms with Gasteiger partial charge in [-0.25, -0.2) is 0 Å². The Labute approximate surface area is 245 Å². The van der Waals surface area contributed by atoms with Crippen LogP contribution in [0.4, 0.5) is 11.4 Å². The molecule has 0 bridgehead atoms. The Balaban J connectivity index is 1.32. The van der Waals surface area contributed by atoms with E-state index in [0.717, 1.165) is 19.2 Å². The van der Waals surface area contributed by atoms with Crippen LogP contribution < -0.4 is 31.0 Å². The number of benzene rings is 6.